The average molecular weight is 228 g/mol. The summed E-state index contributed by atoms with van der Waals surface area (Å²) in [5.41, 5.74) is 2.90. The molecule has 0 aromatic heterocycles. The fraction of sp³-hybridized carbons (Fsp3) is 0. The second kappa shape index (κ2) is 4.45. The van der Waals surface area contributed by atoms with E-state index < -0.39 is 0 Å². The number of aromatic hydroxyl groups is 1. The highest BCUT2D eigenvalue weighted by Gasteiger charge is 2.01. The predicted octanol–water partition coefficient (Wildman–Crippen LogP) is 3.99. The van der Waals surface area contributed by atoms with Crippen LogP contribution in [0.2, 0.25) is 0 Å². The third-order valence-corrected chi connectivity index (χ3v) is 2.75. The molecule has 0 unspecified atom stereocenters. The molecule has 1 N–H and O–H groups in total. The maximum Gasteiger partial charge on any atom is 0.122 e. The van der Waals surface area contributed by atoms with Gasteiger partial charge in [-0.25, -0.2) is 0 Å². The van der Waals surface area contributed by atoms with Gasteiger partial charge < -0.3 is 5.11 Å². The van der Waals surface area contributed by atoms with E-state index in [1.165, 1.54) is 0 Å². The first-order chi connectivity index (χ1) is 7.70. The van der Waals surface area contributed by atoms with Crippen molar-refractivity contribution in [2.75, 3.05) is 0 Å². The van der Waals surface area contributed by atoms with Crippen molar-refractivity contribution in [2.24, 2.45) is 0 Å². The van der Waals surface area contributed by atoms with Crippen LogP contribution in [0.4, 0.5) is 0 Å². The van der Waals surface area contributed by atoms with Gasteiger partial charge in [-0.15, -0.1) is 12.6 Å². The molecular weight excluding hydrogens is 216 g/mol. The van der Waals surface area contributed by atoms with Crippen LogP contribution in [-0.4, -0.2) is 5.11 Å². The molecule has 0 saturated carbocycles. The van der Waals surface area contributed by atoms with E-state index in [1.807, 2.05) is 36.4 Å². The SMILES string of the molecule is C=Cc1cc(-c2ccc(S)cc2)ccc1O. The van der Waals surface area contributed by atoms with Gasteiger partial charge in [-0.1, -0.05) is 30.9 Å². The molecule has 0 bridgehead atoms. The molecular formula is C14H12OS. The quantitative estimate of drug-likeness (QED) is 0.745. The summed E-state index contributed by atoms with van der Waals surface area (Å²) in [4.78, 5) is 0.937. The van der Waals surface area contributed by atoms with E-state index in [-0.39, 0.29) is 5.75 Å². The van der Waals surface area contributed by atoms with Gasteiger partial charge in [0.2, 0.25) is 0 Å². The van der Waals surface area contributed by atoms with Gasteiger partial charge in [0, 0.05) is 10.5 Å². The van der Waals surface area contributed by atoms with Crippen LogP contribution < -0.4 is 0 Å². The molecule has 0 spiro atoms. The van der Waals surface area contributed by atoms with Crippen LogP contribution in [0.25, 0.3) is 17.2 Å². The van der Waals surface area contributed by atoms with Crippen LogP contribution in [-0.2, 0) is 0 Å². The molecule has 2 heteroatoms. The molecule has 1 nitrogen and oxygen atoms in total. The van der Waals surface area contributed by atoms with Gasteiger partial charge in [0.05, 0.1) is 0 Å². The molecule has 0 amide bonds. The second-order valence-corrected chi connectivity index (χ2v) is 4.04. The zero-order chi connectivity index (χ0) is 11.5. The molecule has 2 rings (SSSR count). The van der Waals surface area contributed by atoms with E-state index in [9.17, 15) is 5.11 Å². The van der Waals surface area contributed by atoms with Crippen LogP contribution in [0.5, 0.6) is 5.75 Å². The molecule has 80 valence electrons. The number of rotatable bonds is 2. The molecule has 0 radical (unpaired) electrons. The lowest BCUT2D eigenvalue weighted by Gasteiger charge is -2.05. The normalized spacial score (nSPS) is 10.1. The summed E-state index contributed by atoms with van der Waals surface area (Å²) in [6, 6.07) is 13.4. The molecule has 0 saturated heterocycles. The summed E-state index contributed by atoms with van der Waals surface area (Å²) in [5, 5.41) is 9.54. The van der Waals surface area contributed by atoms with E-state index >= 15 is 0 Å². The van der Waals surface area contributed by atoms with Gasteiger partial charge in [0.15, 0.2) is 0 Å². The lowest BCUT2D eigenvalue weighted by molar-refractivity contribution is 0.474. The Hall–Kier alpha value is -1.67. The number of thiol groups is 1. The molecule has 2 aromatic carbocycles. The van der Waals surface area contributed by atoms with Crippen molar-refractivity contribution in [3.05, 3.63) is 54.6 Å². The van der Waals surface area contributed by atoms with Gasteiger partial charge in [-0.3, -0.25) is 0 Å². The molecule has 0 atom stereocenters. The molecule has 0 heterocycles. The highest BCUT2D eigenvalue weighted by molar-refractivity contribution is 7.80. The van der Waals surface area contributed by atoms with E-state index in [0.717, 1.165) is 21.6 Å². The van der Waals surface area contributed by atoms with Gasteiger partial charge in [-0.2, -0.15) is 0 Å². The summed E-state index contributed by atoms with van der Waals surface area (Å²) in [5.74, 6) is 0.254. The molecule has 2 aromatic rings. The Labute approximate surface area is 100 Å². The predicted molar refractivity (Wildman–Crippen MR) is 70.9 cm³/mol. The van der Waals surface area contributed by atoms with E-state index in [2.05, 4.69) is 19.2 Å². The van der Waals surface area contributed by atoms with Crippen molar-refractivity contribution in [3.8, 4) is 16.9 Å². The largest absolute Gasteiger partial charge is 0.507 e. The van der Waals surface area contributed by atoms with Crippen molar-refractivity contribution in [3.63, 3.8) is 0 Å². The lowest BCUT2D eigenvalue weighted by Crippen LogP contribution is -1.80. The molecule has 0 fully saturated rings. The van der Waals surface area contributed by atoms with Crippen molar-refractivity contribution in [1.82, 2.24) is 0 Å². The smallest absolute Gasteiger partial charge is 0.122 e. The van der Waals surface area contributed by atoms with E-state index in [1.54, 1.807) is 12.1 Å². The Bertz CT molecular complexity index is 515. The Kier molecular flexibility index (Phi) is 3.02. The van der Waals surface area contributed by atoms with Crippen LogP contribution in [0.15, 0.2) is 53.9 Å². The minimum atomic E-state index is 0.254. The standard InChI is InChI=1S/C14H12OS/c1-2-10-9-12(5-8-14(10)15)11-3-6-13(16)7-4-11/h2-9,15-16H,1H2. The van der Waals surface area contributed by atoms with E-state index in [4.69, 9.17) is 0 Å². The molecule has 0 aliphatic rings. The van der Waals surface area contributed by atoms with Crippen molar-refractivity contribution < 1.29 is 5.11 Å². The van der Waals surface area contributed by atoms with Gasteiger partial charge >= 0.3 is 0 Å². The second-order valence-electron chi connectivity index (χ2n) is 3.52. The minimum Gasteiger partial charge on any atom is -0.507 e. The number of phenols is 1. The van der Waals surface area contributed by atoms with Crippen LogP contribution in [0, 0.1) is 0 Å². The van der Waals surface area contributed by atoms with Gasteiger partial charge in [-0.05, 0) is 35.4 Å². The topological polar surface area (TPSA) is 20.2 Å². The number of hydrogen-bond acceptors (Lipinski definition) is 2. The maximum absolute atomic E-state index is 9.54. The van der Waals surface area contributed by atoms with E-state index in [0.29, 0.717) is 0 Å². The Balaban J connectivity index is 2.48. The Morgan fingerprint density at radius 2 is 1.62 bits per heavy atom. The van der Waals surface area contributed by atoms with Crippen LogP contribution >= 0.6 is 12.6 Å². The highest BCUT2D eigenvalue weighted by Crippen LogP contribution is 2.27. The first-order valence-corrected chi connectivity index (χ1v) is 5.40. The molecule has 0 aliphatic heterocycles. The summed E-state index contributed by atoms with van der Waals surface area (Å²) in [6.07, 6.45) is 1.64. The van der Waals surface area contributed by atoms with Crippen LogP contribution in [0.1, 0.15) is 5.56 Å². The average Bonchev–Trinajstić information content (AvgIpc) is 2.31. The summed E-state index contributed by atoms with van der Waals surface area (Å²) >= 11 is 4.24. The van der Waals surface area contributed by atoms with Crippen molar-refractivity contribution >= 4 is 18.7 Å². The summed E-state index contributed by atoms with van der Waals surface area (Å²) in [7, 11) is 0. The Morgan fingerprint density at radius 3 is 2.25 bits per heavy atom. The zero-order valence-corrected chi connectivity index (χ0v) is 9.61. The number of phenolic OH excluding ortho intramolecular Hbond substituents is 1. The van der Waals surface area contributed by atoms with Crippen molar-refractivity contribution in [1.29, 1.82) is 0 Å². The lowest BCUT2D eigenvalue weighted by atomic mass is 10.0. The third-order valence-electron chi connectivity index (χ3n) is 2.45. The van der Waals surface area contributed by atoms with Crippen molar-refractivity contribution in [2.45, 2.75) is 4.90 Å². The highest BCUT2D eigenvalue weighted by atomic mass is 32.1. The Morgan fingerprint density at radius 1 is 1.00 bits per heavy atom. The molecule has 16 heavy (non-hydrogen) atoms. The maximum atomic E-state index is 9.54. The zero-order valence-electron chi connectivity index (χ0n) is 8.72. The van der Waals surface area contributed by atoms with Gasteiger partial charge in [0.25, 0.3) is 0 Å². The molecule has 0 aliphatic carbocycles. The first kappa shape index (κ1) is 10.8. The fourth-order valence-corrected chi connectivity index (χ4v) is 1.70. The minimum absolute atomic E-state index is 0.254. The summed E-state index contributed by atoms with van der Waals surface area (Å²) < 4.78 is 0. The number of hydrogen-bond donors (Lipinski definition) is 2. The monoisotopic (exact) mass is 228 g/mol. The first-order valence-electron chi connectivity index (χ1n) is 4.95. The summed E-state index contributed by atoms with van der Waals surface area (Å²) in [6.45, 7) is 3.67. The fourth-order valence-electron chi connectivity index (χ4n) is 1.55. The van der Waals surface area contributed by atoms with Crippen LogP contribution in [0.3, 0.4) is 0 Å². The van der Waals surface area contributed by atoms with Gasteiger partial charge in [0.1, 0.15) is 5.75 Å². The number of benzene rings is 2. The third kappa shape index (κ3) is 2.12.